The number of sulfonamides is 1. The van der Waals surface area contributed by atoms with Crippen LogP contribution in [0.5, 0.6) is 0 Å². The molecule has 0 spiro atoms. The van der Waals surface area contributed by atoms with Gasteiger partial charge in [0.15, 0.2) is 0 Å². The van der Waals surface area contributed by atoms with Gasteiger partial charge in [0.2, 0.25) is 17.6 Å². The summed E-state index contributed by atoms with van der Waals surface area (Å²) in [5.74, 6) is 0.624. The fourth-order valence-electron chi connectivity index (χ4n) is 3.45. The Morgan fingerprint density at radius 3 is 2.61 bits per heavy atom. The summed E-state index contributed by atoms with van der Waals surface area (Å²) in [5.41, 5.74) is 2.50. The zero-order valence-electron chi connectivity index (χ0n) is 17.4. The molecule has 0 aliphatic carbocycles. The zero-order valence-corrected chi connectivity index (χ0v) is 19.0. The lowest BCUT2D eigenvalue weighted by atomic mass is 9.97. The van der Waals surface area contributed by atoms with E-state index in [4.69, 9.17) is 4.52 Å². The Labute approximate surface area is 185 Å². The molecule has 164 valence electrons. The molecule has 1 saturated heterocycles. The second-order valence-electron chi connectivity index (χ2n) is 7.55. The summed E-state index contributed by atoms with van der Waals surface area (Å²) in [6.45, 7) is 4.52. The third kappa shape index (κ3) is 4.70. The van der Waals surface area contributed by atoms with E-state index in [9.17, 15) is 13.2 Å². The van der Waals surface area contributed by atoms with E-state index in [0.717, 1.165) is 22.6 Å². The minimum absolute atomic E-state index is 0.0665. The second-order valence-corrected chi connectivity index (χ2v) is 10.6. The Morgan fingerprint density at radius 2 is 1.97 bits per heavy atom. The summed E-state index contributed by atoms with van der Waals surface area (Å²) in [7, 11) is -3.63. The molecule has 1 aromatic carbocycles. The highest BCUT2D eigenvalue weighted by Gasteiger charge is 2.33. The average molecular weight is 461 g/mol. The van der Waals surface area contributed by atoms with Crippen LogP contribution in [-0.4, -0.2) is 41.9 Å². The predicted molar refractivity (Wildman–Crippen MR) is 118 cm³/mol. The molecule has 1 aliphatic heterocycles. The monoisotopic (exact) mass is 460 g/mol. The number of carbonyl (C=O) groups excluding carboxylic acids is 1. The van der Waals surface area contributed by atoms with Gasteiger partial charge in [-0.3, -0.25) is 4.79 Å². The highest BCUT2D eigenvalue weighted by molar-refractivity contribution is 7.91. The molecular formula is C21H24N4O4S2. The normalized spacial score (nSPS) is 15.8. The van der Waals surface area contributed by atoms with Gasteiger partial charge in [-0.2, -0.15) is 9.29 Å². The first-order valence-electron chi connectivity index (χ1n) is 10.2. The highest BCUT2D eigenvalue weighted by Crippen LogP contribution is 2.31. The zero-order chi connectivity index (χ0) is 22.0. The molecule has 31 heavy (non-hydrogen) atoms. The van der Waals surface area contributed by atoms with Crippen molar-refractivity contribution in [3.8, 4) is 11.4 Å². The van der Waals surface area contributed by atoms with Crippen LogP contribution < -0.4 is 5.32 Å². The van der Waals surface area contributed by atoms with Crippen LogP contribution in [0.4, 0.5) is 5.69 Å². The molecule has 1 fully saturated rings. The van der Waals surface area contributed by atoms with E-state index in [1.54, 1.807) is 11.4 Å². The van der Waals surface area contributed by atoms with E-state index < -0.39 is 10.0 Å². The van der Waals surface area contributed by atoms with E-state index >= 15 is 0 Å². The highest BCUT2D eigenvalue weighted by atomic mass is 32.2. The number of aryl methyl sites for hydroxylation is 2. The summed E-state index contributed by atoms with van der Waals surface area (Å²) in [6, 6.07) is 9.21. The van der Waals surface area contributed by atoms with Crippen molar-refractivity contribution in [2.45, 2.75) is 37.3 Å². The first-order chi connectivity index (χ1) is 14.9. The number of thiophene rings is 1. The maximum Gasteiger partial charge on any atom is 0.252 e. The first kappa shape index (κ1) is 21.7. The summed E-state index contributed by atoms with van der Waals surface area (Å²) in [6.07, 6.45) is 1.59. The fraction of sp³-hybridized carbons (Fsp3) is 0.381. The number of hydrogen-bond acceptors (Lipinski definition) is 7. The molecule has 0 unspecified atom stereocenters. The number of piperidine rings is 1. The van der Waals surface area contributed by atoms with E-state index in [-0.39, 0.29) is 16.0 Å². The molecule has 0 bridgehead atoms. The molecular weight excluding hydrogens is 436 g/mol. The number of nitrogens with one attached hydrogen (secondary N) is 1. The number of anilines is 1. The second kappa shape index (κ2) is 8.89. The number of hydrogen-bond donors (Lipinski definition) is 1. The van der Waals surface area contributed by atoms with Crippen LogP contribution in [0.2, 0.25) is 0 Å². The van der Waals surface area contributed by atoms with Gasteiger partial charge >= 0.3 is 0 Å². The van der Waals surface area contributed by atoms with Crippen molar-refractivity contribution in [2.75, 3.05) is 18.4 Å². The van der Waals surface area contributed by atoms with Gasteiger partial charge in [-0.15, -0.1) is 11.3 Å². The lowest BCUT2D eigenvalue weighted by molar-refractivity contribution is -0.120. The lowest BCUT2D eigenvalue weighted by Gasteiger charge is -2.30. The van der Waals surface area contributed by atoms with Crippen molar-refractivity contribution in [1.29, 1.82) is 0 Å². The molecule has 0 atom stereocenters. The van der Waals surface area contributed by atoms with Crippen LogP contribution in [0.3, 0.4) is 0 Å². The van der Waals surface area contributed by atoms with Gasteiger partial charge in [-0.05, 0) is 38.0 Å². The van der Waals surface area contributed by atoms with Crippen molar-refractivity contribution in [3.63, 3.8) is 0 Å². The molecule has 8 nitrogen and oxygen atoms in total. The van der Waals surface area contributed by atoms with Crippen LogP contribution in [0.1, 0.15) is 31.2 Å². The Morgan fingerprint density at radius 1 is 1.26 bits per heavy atom. The van der Waals surface area contributed by atoms with Crippen LogP contribution in [0.25, 0.3) is 11.4 Å². The standard InChI is InChI=1S/C21H24N4O4S2/c1-3-18-23-20(24-29-18)16-12-19(30-13-16)31(27,28)25-10-8-15(9-11-25)21(26)22-17-6-4-14(2)5-7-17/h4-7,12-13,15H,3,8-11H2,1-2H3,(H,22,26). The van der Waals surface area contributed by atoms with E-state index in [1.165, 1.54) is 4.31 Å². The van der Waals surface area contributed by atoms with Gasteiger partial charge in [-0.25, -0.2) is 8.42 Å². The lowest BCUT2D eigenvalue weighted by Crippen LogP contribution is -2.41. The molecule has 3 aromatic rings. The van der Waals surface area contributed by atoms with Crippen LogP contribution in [0.15, 0.2) is 44.4 Å². The topological polar surface area (TPSA) is 105 Å². The third-order valence-corrected chi connectivity index (χ3v) is 8.66. The minimum Gasteiger partial charge on any atom is -0.339 e. The smallest absolute Gasteiger partial charge is 0.252 e. The van der Waals surface area contributed by atoms with E-state index in [1.807, 2.05) is 38.1 Å². The summed E-state index contributed by atoms with van der Waals surface area (Å²) < 4.78 is 32.9. The Hall–Kier alpha value is -2.56. The molecule has 2 aromatic heterocycles. The number of nitrogens with zero attached hydrogens (tertiary/aromatic N) is 3. The average Bonchev–Trinajstić information content (AvgIpc) is 3.45. The van der Waals surface area contributed by atoms with E-state index in [2.05, 4.69) is 15.5 Å². The Bertz CT molecular complexity index is 1160. The first-order valence-corrected chi connectivity index (χ1v) is 12.5. The van der Waals surface area contributed by atoms with Crippen LogP contribution >= 0.6 is 11.3 Å². The van der Waals surface area contributed by atoms with Crippen LogP contribution in [0, 0.1) is 12.8 Å². The third-order valence-electron chi connectivity index (χ3n) is 5.34. The SMILES string of the molecule is CCc1nc(-c2csc(S(=O)(=O)N3CCC(C(=O)Nc4ccc(C)cc4)CC3)c2)no1. The Kier molecular flexibility index (Phi) is 6.22. The van der Waals surface area contributed by atoms with Crippen LogP contribution in [-0.2, 0) is 21.2 Å². The van der Waals surface area contributed by atoms with Gasteiger partial charge in [-0.1, -0.05) is 29.8 Å². The van der Waals surface area contributed by atoms with Gasteiger partial charge in [0.1, 0.15) is 4.21 Å². The number of amides is 1. The molecule has 1 N–H and O–H groups in total. The molecule has 1 aliphatic rings. The number of aromatic nitrogens is 2. The maximum atomic E-state index is 13.1. The molecule has 10 heteroatoms. The summed E-state index contributed by atoms with van der Waals surface area (Å²) in [4.78, 5) is 16.8. The fourth-order valence-corrected chi connectivity index (χ4v) is 6.23. The minimum atomic E-state index is -3.63. The van der Waals surface area contributed by atoms with Gasteiger partial charge in [0, 0.05) is 42.1 Å². The number of benzene rings is 1. The molecule has 0 saturated carbocycles. The van der Waals surface area contributed by atoms with Crippen molar-refractivity contribution >= 4 is 33.0 Å². The molecule has 4 rings (SSSR count). The molecule has 3 heterocycles. The predicted octanol–water partition coefficient (Wildman–Crippen LogP) is 3.71. The van der Waals surface area contributed by atoms with Crippen molar-refractivity contribution < 1.29 is 17.7 Å². The van der Waals surface area contributed by atoms with Crippen molar-refractivity contribution in [2.24, 2.45) is 5.92 Å². The van der Waals surface area contributed by atoms with Gasteiger partial charge < -0.3 is 9.84 Å². The number of rotatable bonds is 6. The maximum absolute atomic E-state index is 13.1. The quantitative estimate of drug-likeness (QED) is 0.601. The largest absolute Gasteiger partial charge is 0.339 e. The van der Waals surface area contributed by atoms with E-state index in [0.29, 0.717) is 49.6 Å². The van der Waals surface area contributed by atoms with Gasteiger partial charge in [0.05, 0.1) is 0 Å². The summed E-state index contributed by atoms with van der Waals surface area (Å²) >= 11 is 1.14. The molecule has 1 amide bonds. The molecule has 0 radical (unpaired) electrons. The Balaban J connectivity index is 1.38. The summed E-state index contributed by atoms with van der Waals surface area (Å²) in [5, 5.41) is 8.55. The number of carbonyl (C=O) groups is 1. The van der Waals surface area contributed by atoms with Crippen molar-refractivity contribution in [3.05, 3.63) is 47.2 Å². The van der Waals surface area contributed by atoms with Gasteiger partial charge in [0.25, 0.3) is 10.0 Å². The van der Waals surface area contributed by atoms with Crippen molar-refractivity contribution in [1.82, 2.24) is 14.4 Å².